The van der Waals surface area contributed by atoms with E-state index in [1.54, 1.807) is 12.1 Å². The lowest BCUT2D eigenvalue weighted by molar-refractivity contribution is 0.101. The predicted octanol–water partition coefficient (Wildman–Crippen LogP) is 2.61. The van der Waals surface area contributed by atoms with Crippen LogP contribution in [0.15, 0.2) is 22.7 Å². The Balaban J connectivity index is 2.20. The van der Waals surface area contributed by atoms with Crippen molar-refractivity contribution in [2.45, 2.75) is 24.9 Å². The molecule has 1 aliphatic heterocycles. The largest absolute Gasteiger partial charge is 0.329 e. The maximum Gasteiger partial charge on any atom is 0.123 e. The summed E-state index contributed by atoms with van der Waals surface area (Å²) in [5.41, 5.74) is 6.90. The molecule has 1 aliphatic rings. The zero-order valence-corrected chi connectivity index (χ0v) is 13.7. The number of likely N-dealkylation sites (N-methyl/N-ethyl adjacent to an activating group) is 2. The van der Waals surface area contributed by atoms with Gasteiger partial charge >= 0.3 is 0 Å². The Morgan fingerprint density at radius 1 is 1.55 bits per heavy atom. The van der Waals surface area contributed by atoms with Gasteiger partial charge in [0.25, 0.3) is 0 Å². The first-order valence-corrected chi connectivity index (χ1v) is 7.87. The van der Waals surface area contributed by atoms with Gasteiger partial charge in [0.15, 0.2) is 0 Å². The molecule has 2 rings (SSSR count). The van der Waals surface area contributed by atoms with Crippen molar-refractivity contribution < 1.29 is 4.39 Å². The maximum atomic E-state index is 13.5. The van der Waals surface area contributed by atoms with Gasteiger partial charge in [0, 0.05) is 29.6 Å². The van der Waals surface area contributed by atoms with Crippen molar-refractivity contribution in [3.05, 3.63) is 34.1 Å². The molecule has 1 aromatic carbocycles. The van der Waals surface area contributed by atoms with Gasteiger partial charge in [-0.25, -0.2) is 4.39 Å². The molecule has 2 unspecified atom stereocenters. The number of nitrogens with two attached hydrogens (primary N) is 1. The number of likely N-dealkylation sites (tertiary alicyclic amines) is 1. The second-order valence-electron chi connectivity index (χ2n) is 5.64. The molecule has 2 atom stereocenters. The average Bonchev–Trinajstić information content (AvgIpc) is 2.43. The van der Waals surface area contributed by atoms with Crippen molar-refractivity contribution in [1.29, 1.82) is 0 Å². The highest BCUT2D eigenvalue weighted by Crippen LogP contribution is 2.30. The van der Waals surface area contributed by atoms with E-state index in [2.05, 4.69) is 39.8 Å². The number of hydrogen-bond acceptors (Lipinski definition) is 3. The van der Waals surface area contributed by atoms with Crippen molar-refractivity contribution in [3.8, 4) is 0 Å². The minimum Gasteiger partial charge on any atom is -0.329 e. The van der Waals surface area contributed by atoms with E-state index in [0.29, 0.717) is 12.6 Å². The molecule has 0 bridgehead atoms. The van der Waals surface area contributed by atoms with Gasteiger partial charge in [-0.15, -0.1) is 0 Å². The molecule has 2 N–H and O–H groups in total. The monoisotopic (exact) mass is 343 g/mol. The first-order chi connectivity index (χ1) is 9.52. The fraction of sp³-hybridized carbons (Fsp3) is 0.600. The summed E-state index contributed by atoms with van der Waals surface area (Å²) in [6.45, 7) is 2.68. The molecule has 0 saturated carbocycles. The van der Waals surface area contributed by atoms with Crippen LogP contribution in [-0.2, 0) is 0 Å². The summed E-state index contributed by atoms with van der Waals surface area (Å²) in [5, 5.41) is 0. The smallest absolute Gasteiger partial charge is 0.123 e. The van der Waals surface area contributed by atoms with Crippen LogP contribution < -0.4 is 5.73 Å². The van der Waals surface area contributed by atoms with Crippen LogP contribution in [0.4, 0.5) is 4.39 Å². The van der Waals surface area contributed by atoms with Crippen LogP contribution in [0, 0.1) is 5.82 Å². The molecule has 1 aromatic rings. The van der Waals surface area contributed by atoms with E-state index in [0.717, 1.165) is 23.1 Å². The highest BCUT2D eigenvalue weighted by Gasteiger charge is 2.27. The fourth-order valence-electron chi connectivity index (χ4n) is 3.01. The van der Waals surface area contributed by atoms with Gasteiger partial charge in [0.05, 0.1) is 0 Å². The fourth-order valence-corrected chi connectivity index (χ4v) is 3.52. The van der Waals surface area contributed by atoms with Gasteiger partial charge in [-0.3, -0.25) is 4.90 Å². The van der Waals surface area contributed by atoms with E-state index in [1.165, 1.54) is 18.9 Å². The molecule has 1 fully saturated rings. The quantitative estimate of drug-likeness (QED) is 0.911. The number of rotatable bonds is 4. The molecule has 20 heavy (non-hydrogen) atoms. The lowest BCUT2D eigenvalue weighted by Gasteiger charge is -2.40. The van der Waals surface area contributed by atoms with E-state index < -0.39 is 0 Å². The molecule has 0 amide bonds. The van der Waals surface area contributed by atoms with Gasteiger partial charge in [0.2, 0.25) is 0 Å². The maximum absolute atomic E-state index is 13.5. The molecule has 0 radical (unpaired) electrons. The Labute approximate surface area is 129 Å². The van der Waals surface area contributed by atoms with Crippen molar-refractivity contribution in [1.82, 2.24) is 9.80 Å². The summed E-state index contributed by atoms with van der Waals surface area (Å²) in [6.07, 6.45) is 2.37. The van der Waals surface area contributed by atoms with Crippen LogP contribution in [-0.4, -0.2) is 49.6 Å². The Morgan fingerprint density at radius 3 is 2.95 bits per heavy atom. The Hall–Kier alpha value is -0.490. The van der Waals surface area contributed by atoms with E-state index in [4.69, 9.17) is 5.73 Å². The van der Waals surface area contributed by atoms with Gasteiger partial charge in [-0.05, 0) is 57.2 Å². The number of halogens is 2. The van der Waals surface area contributed by atoms with Gasteiger partial charge < -0.3 is 10.6 Å². The average molecular weight is 344 g/mol. The summed E-state index contributed by atoms with van der Waals surface area (Å²) >= 11 is 3.52. The molecule has 0 aromatic heterocycles. The first kappa shape index (κ1) is 15.9. The van der Waals surface area contributed by atoms with Gasteiger partial charge in [0.1, 0.15) is 5.82 Å². The Kier molecular flexibility index (Phi) is 5.55. The van der Waals surface area contributed by atoms with Crippen LogP contribution in [0.5, 0.6) is 0 Å². The van der Waals surface area contributed by atoms with Crippen molar-refractivity contribution in [2.75, 3.05) is 33.7 Å². The van der Waals surface area contributed by atoms with Crippen molar-refractivity contribution in [3.63, 3.8) is 0 Å². The van der Waals surface area contributed by atoms with E-state index >= 15 is 0 Å². The lowest BCUT2D eigenvalue weighted by Crippen LogP contribution is -2.47. The molecule has 0 spiro atoms. The number of nitrogens with zero attached hydrogens (tertiary/aromatic N) is 2. The number of benzene rings is 1. The highest BCUT2D eigenvalue weighted by molar-refractivity contribution is 9.10. The van der Waals surface area contributed by atoms with E-state index in [1.807, 2.05) is 0 Å². The summed E-state index contributed by atoms with van der Waals surface area (Å²) in [4.78, 5) is 4.65. The summed E-state index contributed by atoms with van der Waals surface area (Å²) in [6, 6.07) is 5.32. The van der Waals surface area contributed by atoms with Crippen LogP contribution in [0.1, 0.15) is 24.4 Å². The molecule has 0 aliphatic carbocycles. The van der Waals surface area contributed by atoms with Crippen LogP contribution in [0.25, 0.3) is 0 Å². The standard InChI is InChI=1S/C15H23BrFN3/c1-19-7-3-4-12(10-19)20(2)15(9-18)13-8-11(17)5-6-14(13)16/h5-6,8,12,15H,3-4,7,9-10,18H2,1-2H3. The molecule has 3 nitrogen and oxygen atoms in total. The minimum atomic E-state index is -0.212. The Morgan fingerprint density at radius 2 is 2.30 bits per heavy atom. The summed E-state index contributed by atoms with van der Waals surface area (Å²) in [5.74, 6) is -0.212. The number of piperidine rings is 1. The van der Waals surface area contributed by atoms with Crippen LogP contribution in [0.3, 0.4) is 0 Å². The minimum absolute atomic E-state index is 0.0385. The SMILES string of the molecule is CN1CCCC(N(C)C(CN)c2cc(F)ccc2Br)C1. The molecular weight excluding hydrogens is 321 g/mol. The number of hydrogen-bond donors (Lipinski definition) is 1. The van der Waals surface area contributed by atoms with Gasteiger partial charge in [-0.1, -0.05) is 15.9 Å². The zero-order chi connectivity index (χ0) is 14.7. The van der Waals surface area contributed by atoms with Crippen molar-refractivity contribution in [2.24, 2.45) is 5.73 Å². The van der Waals surface area contributed by atoms with Crippen LogP contribution in [0.2, 0.25) is 0 Å². The van der Waals surface area contributed by atoms with Crippen LogP contribution >= 0.6 is 15.9 Å². The first-order valence-electron chi connectivity index (χ1n) is 7.08. The highest BCUT2D eigenvalue weighted by atomic mass is 79.9. The molecule has 5 heteroatoms. The third-order valence-corrected chi connectivity index (χ3v) is 4.93. The lowest BCUT2D eigenvalue weighted by atomic mass is 9.99. The normalized spacial score (nSPS) is 22.2. The molecular formula is C15H23BrFN3. The topological polar surface area (TPSA) is 32.5 Å². The predicted molar refractivity (Wildman–Crippen MR) is 84.2 cm³/mol. The Bertz CT molecular complexity index is 455. The van der Waals surface area contributed by atoms with E-state index in [-0.39, 0.29) is 11.9 Å². The summed E-state index contributed by atoms with van der Waals surface area (Å²) < 4.78 is 14.4. The molecule has 1 saturated heterocycles. The second-order valence-corrected chi connectivity index (χ2v) is 6.50. The van der Waals surface area contributed by atoms with E-state index in [9.17, 15) is 4.39 Å². The van der Waals surface area contributed by atoms with Crippen molar-refractivity contribution >= 4 is 15.9 Å². The molecule has 1 heterocycles. The third-order valence-electron chi connectivity index (χ3n) is 4.21. The summed E-state index contributed by atoms with van der Waals surface area (Å²) in [7, 11) is 4.24. The van der Waals surface area contributed by atoms with Gasteiger partial charge in [-0.2, -0.15) is 0 Å². The molecule has 112 valence electrons. The zero-order valence-electron chi connectivity index (χ0n) is 12.1. The third kappa shape index (κ3) is 3.58. The second kappa shape index (κ2) is 6.98.